The molecule has 0 amide bonds. The molecule has 0 aromatic heterocycles. The van der Waals surface area contributed by atoms with Crippen LogP contribution in [-0.2, 0) is 9.47 Å². The van der Waals surface area contributed by atoms with Crippen molar-refractivity contribution in [3.63, 3.8) is 0 Å². The largest absolute Gasteiger partial charge is 0.478 e. The molecule has 0 spiro atoms. The predicted molar refractivity (Wildman–Crippen MR) is 64.7 cm³/mol. The summed E-state index contributed by atoms with van der Waals surface area (Å²) in [5.41, 5.74) is 0.252. The lowest BCUT2D eigenvalue weighted by atomic mass is 10.1. The van der Waals surface area contributed by atoms with Gasteiger partial charge in [0, 0.05) is 34.0 Å². The van der Waals surface area contributed by atoms with Gasteiger partial charge in [0.2, 0.25) is 0 Å². The summed E-state index contributed by atoms with van der Waals surface area (Å²) in [7, 11) is 6.50. The van der Waals surface area contributed by atoms with Crippen LogP contribution in [0.5, 0.6) is 0 Å². The maximum atomic E-state index is 10.4. The van der Waals surface area contributed by atoms with Crippen LogP contribution in [0, 0.1) is 0 Å². The lowest BCUT2D eigenvalue weighted by molar-refractivity contribution is 0.0694. The highest BCUT2D eigenvalue weighted by atomic mass is 16.5. The molecule has 0 bridgehead atoms. The van der Waals surface area contributed by atoms with Gasteiger partial charge in [-0.1, -0.05) is 18.2 Å². The first-order valence-electron chi connectivity index (χ1n) is 4.66. The second-order valence-electron chi connectivity index (χ2n) is 2.83. The van der Waals surface area contributed by atoms with Crippen LogP contribution in [0.2, 0.25) is 0 Å². The van der Waals surface area contributed by atoms with Gasteiger partial charge in [-0.2, -0.15) is 0 Å². The van der Waals surface area contributed by atoms with E-state index in [-0.39, 0.29) is 11.1 Å². The maximum absolute atomic E-state index is 10.4. The maximum Gasteiger partial charge on any atom is 0.336 e. The SMILES string of the molecule is COC.COC.O=Cc1ccccc1C(=O)O. The molecule has 0 saturated heterocycles. The third-order valence-electron chi connectivity index (χ3n) is 1.32. The molecule has 0 fully saturated rings. The van der Waals surface area contributed by atoms with Gasteiger partial charge in [-0.25, -0.2) is 4.79 Å². The highest BCUT2D eigenvalue weighted by Crippen LogP contribution is 2.04. The third-order valence-corrected chi connectivity index (χ3v) is 1.32. The number of carboxylic acid groups (broad SMARTS) is 1. The van der Waals surface area contributed by atoms with Crippen LogP contribution < -0.4 is 0 Å². The molecule has 1 aromatic rings. The number of carbonyl (C=O) groups excluding carboxylic acids is 1. The number of methoxy groups -OCH3 is 2. The van der Waals surface area contributed by atoms with Crippen LogP contribution in [0.3, 0.4) is 0 Å². The molecule has 5 nitrogen and oxygen atoms in total. The van der Waals surface area contributed by atoms with E-state index in [1.54, 1.807) is 40.6 Å². The molecule has 1 rings (SSSR count). The number of aldehydes is 1. The molecule has 0 heterocycles. The van der Waals surface area contributed by atoms with Gasteiger partial charge in [0.05, 0.1) is 5.56 Å². The zero-order valence-electron chi connectivity index (χ0n) is 10.5. The molecule has 0 aliphatic heterocycles. The smallest absolute Gasteiger partial charge is 0.336 e. The van der Waals surface area contributed by atoms with Gasteiger partial charge in [-0.3, -0.25) is 4.79 Å². The normalized spacial score (nSPS) is 8.00. The Kier molecular flexibility index (Phi) is 12.8. The number of hydrogen-bond donors (Lipinski definition) is 1. The molecular weight excluding hydrogens is 224 g/mol. The number of benzene rings is 1. The minimum absolute atomic E-state index is 0.0440. The summed E-state index contributed by atoms with van der Waals surface area (Å²) in [4.78, 5) is 20.7. The average Bonchev–Trinajstić information content (AvgIpc) is 2.31. The highest BCUT2D eigenvalue weighted by Gasteiger charge is 2.06. The number of ether oxygens (including phenoxy) is 2. The van der Waals surface area contributed by atoms with Crippen molar-refractivity contribution in [3.05, 3.63) is 35.4 Å². The number of rotatable bonds is 2. The Morgan fingerprint density at radius 1 is 1.12 bits per heavy atom. The summed E-state index contributed by atoms with van der Waals surface area (Å²) in [5.74, 6) is -1.08. The molecule has 17 heavy (non-hydrogen) atoms. The lowest BCUT2D eigenvalue weighted by Gasteiger charge is -1.95. The quantitative estimate of drug-likeness (QED) is 0.799. The molecule has 0 atom stereocenters. The van der Waals surface area contributed by atoms with Crippen LogP contribution in [0.25, 0.3) is 0 Å². The molecule has 0 unspecified atom stereocenters. The molecule has 0 aliphatic rings. The second kappa shape index (κ2) is 12.4. The Labute approximate surface area is 101 Å². The van der Waals surface area contributed by atoms with Gasteiger partial charge in [0.25, 0.3) is 0 Å². The van der Waals surface area contributed by atoms with Crippen molar-refractivity contribution in [1.82, 2.24) is 0 Å². The van der Waals surface area contributed by atoms with Crippen molar-refractivity contribution in [2.45, 2.75) is 0 Å². The summed E-state index contributed by atoms with van der Waals surface area (Å²) >= 11 is 0. The van der Waals surface area contributed by atoms with Crippen molar-refractivity contribution in [2.24, 2.45) is 0 Å². The fraction of sp³-hybridized carbons (Fsp3) is 0.333. The van der Waals surface area contributed by atoms with E-state index >= 15 is 0 Å². The van der Waals surface area contributed by atoms with Gasteiger partial charge < -0.3 is 14.6 Å². The van der Waals surface area contributed by atoms with Gasteiger partial charge >= 0.3 is 5.97 Å². The molecular formula is C12H18O5. The van der Waals surface area contributed by atoms with E-state index in [0.29, 0.717) is 6.29 Å². The topological polar surface area (TPSA) is 72.8 Å². The van der Waals surface area contributed by atoms with E-state index in [1.807, 2.05) is 0 Å². The summed E-state index contributed by atoms with van der Waals surface area (Å²) in [6, 6.07) is 6.06. The van der Waals surface area contributed by atoms with Crippen LogP contribution in [-0.4, -0.2) is 45.8 Å². The third kappa shape index (κ3) is 9.22. The Morgan fingerprint density at radius 3 is 1.82 bits per heavy atom. The van der Waals surface area contributed by atoms with E-state index in [1.165, 1.54) is 12.1 Å². The van der Waals surface area contributed by atoms with Crippen LogP contribution >= 0.6 is 0 Å². The van der Waals surface area contributed by atoms with Gasteiger partial charge in [-0.05, 0) is 6.07 Å². The molecule has 96 valence electrons. The van der Waals surface area contributed by atoms with Gasteiger partial charge in [0.15, 0.2) is 6.29 Å². The van der Waals surface area contributed by atoms with Crippen LogP contribution in [0.15, 0.2) is 24.3 Å². The van der Waals surface area contributed by atoms with E-state index in [9.17, 15) is 9.59 Å². The zero-order valence-corrected chi connectivity index (χ0v) is 10.5. The van der Waals surface area contributed by atoms with Crippen LogP contribution in [0.1, 0.15) is 20.7 Å². The van der Waals surface area contributed by atoms with Crippen LogP contribution in [0.4, 0.5) is 0 Å². The second-order valence-corrected chi connectivity index (χ2v) is 2.83. The van der Waals surface area contributed by atoms with E-state index in [4.69, 9.17) is 5.11 Å². The summed E-state index contributed by atoms with van der Waals surface area (Å²) in [6.07, 6.45) is 0.531. The average molecular weight is 242 g/mol. The molecule has 5 heteroatoms. The van der Waals surface area contributed by atoms with Crippen molar-refractivity contribution in [2.75, 3.05) is 28.4 Å². The Hall–Kier alpha value is -1.72. The van der Waals surface area contributed by atoms with Crippen molar-refractivity contribution in [3.8, 4) is 0 Å². The Balaban J connectivity index is 0. The number of carbonyl (C=O) groups is 2. The van der Waals surface area contributed by atoms with Crippen molar-refractivity contribution < 1.29 is 24.2 Å². The fourth-order valence-electron chi connectivity index (χ4n) is 0.795. The molecule has 1 aromatic carbocycles. The first kappa shape index (κ1) is 17.7. The zero-order chi connectivity index (χ0) is 13.7. The molecule has 0 radical (unpaired) electrons. The monoisotopic (exact) mass is 242 g/mol. The van der Waals surface area contributed by atoms with Crippen molar-refractivity contribution >= 4 is 12.3 Å². The molecule has 1 N–H and O–H groups in total. The minimum atomic E-state index is -1.08. The minimum Gasteiger partial charge on any atom is -0.478 e. The summed E-state index contributed by atoms with van der Waals surface area (Å²) in [6.45, 7) is 0. The predicted octanol–water partition coefficient (Wildman–Crippen LogP) is 1.72. The highest BCUT2D eigenvalue weighted by molar-refractivity contribution is 5.96. The standard InChI is InChI=1S/C8H6O3.2C2H6O/c9-5-6-3-1-2-4-7(6)8(10)11;2*1-3-2/h1-5H,(H,10,11);2*1-2H3. The summed E-state index contributed by atoms with van der Waals surface area (Å²) < 4.78 is 8.50. The Morgan fingerprint density at radius 2 is 1.53 bits per heavy atom. The molecule has 0 saturated carbocycles. The van der Waals surface area contributed by atoms with Gasteiger partial charge in [-0.15, -0.1) is 0 Å². The first-order chi connectivity index (χ1) is 8.08. The number of hydrogen-bond acceptors (Lipinski definition) is 4. The van der Waals surface area contributed by atoms with Crippen molar-refractivity contribution in [1.29, 1.82) is 0 Å². The first-order valence-corrected chi connectivity index (χ1v) is 4.66. The summed E-state index contributed by atoms with van der Waals surface area (Å²) in [5, 5.41) is 8.54. The van der Waals surface area contributed by atoms with E-state index in [0.717, 1.165) is 0 Å². The number of carboxylic acids is 1. The van der Waals surface area contributed by atoms with E-state index < -0.39 is 5.97 Å². The lowest BCUT2D eigenvalue weighted by Crippen LogP contribution is -2.00. The fourth-order valence-corrected chi connectivity index (χ4v) is 0.795. The number of aromatic carboxylic acids is 1. The van der Waals surface area contributed by atoms with E-state index in [2.05, 4.69) is 9.47 Å². The molecule has 0 aliphatic carbocycles. The van der Waals surface area contributed by atoms with Gasteiger partial charge in [0.1, 0.15) is 0 Å². The Bertz CT molecular complexity index is 320.